The summed E-state index contributed by atoms with van der Waals surface area (Å²) in [6, 6.07) is 11.6. The minimum Gasteiger partial charge on any atom is -0.347 e. The van der Waals surface area contributed by atoms with Crippen molar-refractivity contribution in [3.8, 4) is 0 Å². The van der Waals surface area contributed by atoms with E-state index >= 15 is 0 Å². The van der Waals surface area contributed by atoms with Crippen molar-refractivity contribution >= 4 is 29.1 Å². The van der Waals surface area contributed by atoms with Gasteiger partial charge >= 0.3 is 0 Å². The number of pyridine rings is 1. The first-order valence-corrected chi connectivity index (χ1v) is 10.9. The van der Waals surface area contributed by atoms with E-state index in [0.29, 0.717) is 16.0 Å². The highest BCUT2D eigenvalue weighted by Gasteiger charge is 2.33. The van der Waals surface area contributed by atoms with Crippen LogP contribution < -0.4 is 5.32 Å². The van der Waals surface area contributed by atoms with Crippen LogP contribution in [0.3, 0.4) is 0 Å². The molecule has 2 aromatic rings. The molecule has 0 unspecified atom stereocenters. The highest BCUT2D eigenvalue weighted by molar-refractivity contribution is 6.42. The van der Waals surface area contributed by atoms with Gasteiger partial charge in [0.2, 0.25) is 5.91 Å². The first-order valence-electron chi connectivity index (χ1n) is 10.1. The fraction of sp³-hybridized carbons (Fsp3) is 0.478. The number of aromatic nitrogens is 1. The van der Waals surface area contributed by atoms with Crippen LogP contribution >= 0.6 is 23.2 Å². The lowest BCUT2D eigenvalue weighted by Crippen LogP contribution is -2.45. The monoisotopic (exact) mass is 433 g/mol. The Labute approximate surface area is 183 Å². The van der Waals surface area contributed by atoms with Crippen molar-refractivity contribution in [1.29, 1.82) is 0 Å². The quantitative estimate of drug-likeness (QED) is 0.676. The molecule has 1 aliphatic heterocycles. The van der Waals surface area contributed by atoms with Gasteiger partial charge in [0.15, 0.2) is 0 Å². The molecular formula is C23H29Cl2N3O. The Kier molecular flexibility index (Phi) is 7.20. The van der Waals surface area contributed by atoms with E-state index in [1.165, 1.54) is 0 Å². The molecule has 0 aliphatic carbocycles. The van der Waals surface area contributed by atoms with E-state index < -0.39 is 5.41 Å². The molecule has 2 heterocycles. The normalized spacial score (nSPS) is 19.0. The van der Waals surface area contributed by atoms with Crippen LogP contribution in [0.1, 0.15) is 50.9 Å². The Bertz CT molecular complexity index is 836. The zero-order valence-electron chi connectivity index (χ0n) is 17.3. The molecule has 0 radical (unpaired) electrons. The average molecular weight is 434 g/mol. The van der Waals surface area contributed by atoms with E-state index in [-0.39, 0.29) is 11.9 Å². The lowest BCUT2D eigenvalue weighted by Gasteiger charge is -2.38. The van der Waals surface area contributed by atoms with Crippen molar-refractivity contribution in [2.24, 2.45) is 11.3 Å². The molecular weight excluding hydrogens is 405 g/mol. The zero-order valence-corrected chi connectivity index (χ0v) is 18.8. The van der Waals surface area contributed by atoms with Gasteiger partial charge in [0.25, 0.3) is 0 Å². The summed E-state index contributed by atoms with van der Waals surface area (Å²) in [5.74, 6) is 0.350. The summed E-state index contributed by atoms with van der Waals surface area (Å²) >= 11 is 12.2. The number of carbonyl (C=O) groups is 1. The Morgan fingerprint density at radius 3 is 2.69 bits per heavy atom. The molecule has 3 rings (SSSR count). The predicted octanol–water partition coefficient (Wildman–Crippen LogP) is 5.50. The maximum atomic E-state index is 12.8. The van der Waals surface area contributed by atoms with E-state index in [2.05, 4.69) is 15.2 Å². The van der Waals surface area contributed by atoms with Crippen LogP contribution in [0.15, 0.2) is 42.6 Å². The second-order valence-corrected chi connectivity index (χ2v) is 9.66. The molecule has 1 fully saturated rings. The molecule has 2 atom stereocenters. The summed E-state index contributed by atoms with van der Waals surface area (Å²) in [5, 5.41) is 4.44. The number of nitrogens with zero attached hydrogens (tertiary/aromatic N) is 2. The third kappa shape index (κ3) is 5.94. The molecule has 6 heteroatoms. The molecule has 1 aromatic carbocycles. The second-order valence-electron chi connectivity index (χ2n) is 8.84. The van der Waals surface area contributed by atoms with Crippen LogP contribution in [-0.2, 0) is 11.3 Å². The third-order valence-electron chi connectivity index (χ3n) is 5.38. The van der Waals surface area contributed by atoms with Crippen molar-refractivity contribution in [2.45, 2.75) is 46.2 Å². The Hall–Kier alpha value is -1.62. The van der Waals surface area contributed by atoms with Gasteiger partial charge in [0, 0.05) is 24.7 Å². The van der Waals surface area contributed by atoms with Crippen LogP contribution in [0.25, 0.3) is 0 Å². The van der Waals surface area contributed by atoms with Crippen LogP contribution in [-0.4, -0.2) is 28.9 Å². The second kappa shape index (κ2) is 9.46. The SMILES string of the molecule is CC(C)(C)C(=O)N[C@@H](c1ccccn1)[C@H]1CCCN(Cc2ccc(Cl)c(Cl)c2)C1. The molecule has 0 spiro atoms. The Balaban J connectivity index is 1.76. The van der Waals surface area contributed by atoms with Crippen molar-refractivity contribution in [2.75, 3.05) is 13.1 Å². The summed E-state index contributed by atoms with van der Waals surface area (Å²) in [7, 11) is 0. The molecule has 0 bridgehead atoms. The molecule has 156 valence electrons. The van der Waals surface area contributed by atoms with Crippen LogP contribution in [0.2, 0.25) is 10.0 Å². The number of carbonyl (C=O) groups excluding carboxylic acids is 1. The number of nitrogens with one attached hydrogen (secondary N) is 1. The number of benzene rings is 1. The minimum absolute atomic E-state index is 0.0507. The molecule has 0 saturated carbocycles. The fourth-order valence-electron chi connectivity index (χ4n) is 3.75. The summed E-state index contributed by atoms with van der Waals surface area (Å²) < 4.78 is 0. The van der Waals surface area contributed by atoms with Gasteiger partial charge in [0.1, 0.15) is 0 Å². The van der Waals surface area contributed by atoms with E-state index in [4.69, 9.17) is 23.2 Å². The number of likely N-dealkylation sites (tertiary alicyclic amines) is 1. The van der Waals surface area contributed by atoms with Crippen LogP contribution in [0.5, 0.6) is 0 Å². The maximum absolute atomic E-state index is 12.8. The van der Waals surface area contributed by atoms with Gasteiger partial charge in [-0.15, -0.1) is 0 Å². The molecule has 4 nitrogen and oxygen atoms in total. The largest absolute Gasteiger partial charge is 0.347 e. The van der Waals surface area contributed by atoms with Gasteiger partial charge in [-0.2, -0.15) is 0 Å². The summed E-state index contributed by atoms with van der Waals surface area (Å²) in [6.45, 7) is 8.56. The van der Waals surface area contributed by atoms with E-state index in [9.17, 15) is 4.79 Å². The van der Waals surface area contributed by atoms with Crippen molar-refractivity contribution in [1.82, 2.24) is 15.2 Å². The van der Waals surface area contributed by atoms with Gasteiger partial charge in [-0.05, 0) is 55.1 Å². The van der Waals surface area contributed by atoms with Crippen molar-refractivity contribution in [3.05, 3.63) is 63.9 Å². The number of hydrogen-bond donors (Lipinski definition) is 1. The van der Waals surface area contributed by atoms with Crippen molar-refractivity contribution < 1.29 is 4.79 Å². The zero-order chi connectivity index (χ0) is 21.0. The molecule has 1 amide bonds. The van der Waals surface area contributed by atoms with Crippen molar-refractivity contribution in [3.63, 3.8) is 0 Å². The summed E-state index contributed by atoms with van der Waals surface area (Å²) in [6.07, 6.45) is 3.94. The third-order valence-corrected chi connectivity index (χ3v) is 6.12. The topological polar surface area (TPSA) is 45.2 Å². The van der Waals surface area contributed by atoms with Crippen LogP contribution in [0.4, 0.5) is 0 Å². The molecule has 29 heavy (non-hydrogen) atoms. The van der Waals surface area contributed by atoms with Gasteiger partial charge in [-0.25, -0.2) is 0 Å². The molecule has 1 aromatic heterocycles. The van der Waals surface area contributed by atoms with Gasteiger partial charge in [-0.1, -0.05) is 56.1 Å². The van der Waals surface area contributed by atoms with E-state index in [0.717, 1.165) is 43.7 Å². The van der Waals surface area contributed by atoms with Gasteiger partial charge in [0.05, 0.1) is 21.8 Å². The number of hydrogen-bond acceptors (Lipinski definition) is 3. The first kappa shape index (κ1) is 22.1. The van der Waals surface area contributed by atoms with Gasteiger partial charge in [-0.3, -0.25) is 14.7 Å². The van der Waals surface area contributed by atoms with Gasteiger partial charge < -0.3 is 5.32 Å². The molecule has 1 saturated heterocycles. The smallest absolute Gasteiger partial charge is 0.225 e. The molecule has 1 N–H and O–H groups in total. The highest BCUT2D eigenvalue weighted by Crippen LogP contribution is 2.31. The van der Waals surface area contributed by atoms with E-state index in [1.807, 2.05) is 57.2 Å². The predicted molar refractivity (Wildman–Crippen MR) is 119 cm³/mol. The summed E-state index contributed by atoms with van der Waals surface area (Å²) in [4.78, 5) is 19.7. The number of amides is 1. The number of halogens is 2. The highest BCUT2D eigenvalue weighted by atomic mass is 35.5. The Morgan fingerprint density at radius 1 is 1.24 bits per heavy atom. The fourth-order valence-corrected chi connectivity index (χ4v) is 4.07. The lowest BCUT2D eigenvalue weighted by atomic mass is 9.86. The van der Waals surface area contributed by atoms with Crippen LogP contribution in [0, 0.1) is 11.3 Å². The standard InChI is InChI=1S/C23H29Cl2N3O/c1-23(2,3)22(29)27-21(20-8-4-5-11-26-20)17-7-6-12-28(15-17)14-16-9-10-18(24)19(25)13-16/h4-5,8-11,13,17,21H,6-7,12,14-15H2,1-3H3,(H,27,29)/t17-,21+/m0/s1. The number of piperidine rings is 1. The Morgan fingerprint density at radius 2 is 2.03 bits per heavy atom. The van der Waals surface area contributed by atoms with E-state index in [1.54, 1.807) is 6.20 Å². The summed E-state index contributed by atoms with van der Waals surface area (Å²) in [5.41, 5.74) is 1.63. The maximum Gasteiger partial charge on any atom is 0.225 e. The average Bonchev–Trinajstić information content (AvgIpc) is 2.69. The lowest BCUT2D eigenvalue weighted by molar-refractivity contribution is -0.130. The molecule has 1 aliphatic rings. The number of rotatable bonds is 5. The first-order chi connectivity index (χ1) is 13.7. The minimum atomic E-state index is -0.443.